The minimum Gasteiger partial charge on any atom is -0.494 e. The van der Waals surface area contributed by atoms with Gasteiger partial charge in [-0.25, -0.2) is 9.97 Å². The number of hydrogen-bond donors (Lipinski definition) is 0. The molecule has 6 aromatic rings. The second-order valence-corrected chi connectivity index (χ2v) is 10.3. The van der Waals surface area contributed by atoms with E-state index in [2.05, 4.69) is 4.98 Å². The predicted molar refractivity (Wildman–Crippen MR) is 151 cm³/mol. The molecule has 0 aliphatic carbocycles. The summed E-state index contributed by atoms with van der Waals surface area (Å²) in [6.45, 7) is 2.84. The number of anilines is 1. The number of fused-ring (bicyclic) bond motifs is 2. The van der Waals surface area contributed by atoms with Gasteiger partial charge in [0.2, 0.25) is 0 Å². The van der Waals surface area contributed by atoms with Crippen molar-refractivity contribution >= 4 is 54.8 Å². The van der Waals surface area contributed by atoms with Gasteiger partial charge < -0.3 is 4.74 Å². The molecule has 4 aromatic heterocycles. The van der Waals surface area contributed by atoms with Crippen molar-refractivity contribution in [1.82, 2.24) is 15.0 Å². The van der Waals surface area contributed by atoms with E-state index in [1.807, 2.05) is 91.2 Å². The number of carbonyl (C=O) groups is 1. The number of aromatic nitrogens is 3. The summed E-state index contributed by atoms with van der Waals surface area (Å²) >= 11 is 3.07. The van der Waals surface area contributed by atoms with E-state index in [4.69, 9.17) is 14.7 Å². The van der Waals surface area contributed by atoms with Crippen LogP contribution in [0.4, 0.5) is 5.13 Å². The molecule has 182 valence electrons. The van der Waals surface area contributed by atoms with Crippen LogP contribution in [0.25, 0.3) is 31.7 Å². The molecule has 0 spiro atoms. The highest BCUT2D eigenvalue weighted by Gasteiger charge is 2.25. The van der Waals surface area contributed by atoms with E-state index in [1.54, 1.807) is 22.4 Å². The third-order valence-electron chi connectivity index (χ3n) is 5.90. The normalized spacial score (nSPS) is 11.2. The van der Waals surface area contributed by atoms with Gasteiger partial charge in [-0.3, -0.25) is 14.7 Å². The van der Waals surface area contributed by atoms with Crippen molar-refractivity contribution in [2.24, 2.45) is 0 Å². The van der Waals surface area contributed by atoms with E-state index in [0.717, 1.165) is 43.1 Å². The molecule has 0 atom stereocenters. The minimum atomic E-state index is -0.147. The summed E-state index contributed by atoms with van der Waals surface area (Å²) < 4.78 is 6.63. The quantitative estimate of drug-likeness (QED) is 0.222. The maximum Gasteiger partial charge on any atom is 0.261 e. The second-order valence-electron chi connectivity index (χ2n) is 8.32. The molecule has 6 nitrogen and oxygen atoms in total. The van der Waals surface area contributed by atoms with Crippen molar-refractivity contribution in [3.8, 4) is 16.3 Å². The van der Waals surface area contributed by atoms with Crippen LogP contribution in [0.5, 0.6) is 5.75 Å². The lowest BCUT2D eigenvalue weighted by Crippen LogP contribution is -2.31. The lowest BCUT2D eigenvalue weighted by molar-refractivity contribution is 0.0986. The summed E-state index contributed by atoms with van der Waals surface area (Å²) in [6, 6.07) is 25.2. The van der Waals surface area contributed by atoms with Gasteiger partial charge in [-0.1, -0.05) is 41.7 Å². The van der Waals surface area contributed by atoms with Gasteiger partial charge in [0.15, 0.2) is 5.13 Å². The largest absolute Gasteiger partial charge is 0.494 e. The van der Waals surface area contributed by atoms with E-state index < -0.39 is 0 Å². The summed E-state index contributed by atoms with van der Waals surface area (Å²) in [4.78, 5) is 31.2. The number of nitrogens with zero attached hydrogens (tertiary/aromatic N) is 4. The van der Waals surface area contributed by atoms with Crippen LogP contribution >= 0.6 is 22.7 Å². The van der Waals surface area contributed by atoms with Crippen LogP contribution in [0.3, 0.4) is 0 Å². The van der Waals surface area contributed by atoms with Crippen molar-refractivity contribution in [2.75, 3.05) is 11.5 Å². The van der Waals surface area contributed by atoms with Gasteiger partial charge >= 0.3 is 0 Å². The molecule has 0 saturated heterocycles. The molecule has 0 saturated carbocycles. The Kier molecular flexibility index (Phi) is 6.34. The molecule has 6 rings (SSSR count). The first-order valence-corrected chi connectivity index (χ1v) is 13.6. The molecule has 0 fully saturated rings. The number of benzene rings is 2. The van der Waals surface area contributed by atoms with Crippen molar-refractivity contribution < 1.29 is 9.53 Å². The Bertz CT molecular complexity index is 1700. The Hall–Kier alpha value is -4.14. The van der Waals surface area contributed by atoms with E-state index >= 15 is 0 Å². The average molecular weight is 523 g/mol. The first-order chi connectivity index (χ1) is 18.2. The molecule has 0 bridgehead atoms. The smallest absolute Gasteiger partial charge is 0.261 e. The van der Waals surface area contributed by atoms with Gasteiger partial charge in [0.25, 0.3) is 5.91 Å². The topological polar surface area (TPSA) is 68.2 Å². The zero-order valence-corrected chi connectivity index (χ0v) is 21.6. The zero-order chi connectivity index (χ0) is 25.2. The third-order valence-corrected chi connectivity index (χ3v) is 7.84. The molecule has 4 heterocycles. The molecule has 1 amide bonds. The van der Waals surface area contributed by atoms with Crippen molar-refractivity contribution in [3.05, 3.63) is 102 Å². The summed E-state index contributed by atoms with van der Waals surface area (Å²) in [7, 11) is 0. The number of hydrogen-bond acceptors (Lipinski definition) is 7. The minimum absolute atomic E-state index is 0.147. The fourth-order valence-electron chi connectivity index (χ4n) is 4.19. The fraction of sp³-hybridized carbons (Fsp3) is 0.103. The van der Waals surface area contributed by atoms with Crippen molar-refractivity contribution in [2.45, 2.75) is 13.5 Å². The number of pyridine rings is 2. The summed E-state index contributed by atoms with van der Waals surface area (Å²) in [5.74, 6) is 0.639. The Morgan fingerprint density at radius 3 is 2.65 bits per heavy atom. The molecular weight excluding hydrogens is 500 g/mol. The van der Waals surface area contributed by atoms with E-state index in [-0.39, 0.29) is 5.91 Å². The lowest BCUT2D eigenvalue weighted by atomic mass is 10.1. The summed E-state index contributed by atoms with van der Waals surface area (Å²) in [5.41, 5.74) is 3.74. The van der Waals surface area contributed by atoms with Crippen molar-refractivity contribution in [1.29, 1.82) is 0 Å². The van der Waals surface area contributed by atoms with Gasteiger partial charge in [0.1, 0.15) is 5.75 Å². The first kappa shape index (κ1) is 23.3. The van der Waals surface area contributed by atoms with Crippen LogP contribution in [-0.4, -0.2) is 27.5 Å². The van der Waals surface area contributed by atoms with Gasteiger partial charge in [0, 0.05) is 11.6 Å². The summed E-state index contributed by atoms with van der Waals surface area (Å²) in [6.07, 6.45) is 1.74. The number of amides is 1. The molecule has 0 N–H and O–H groups in total. The monoisotopic (exact) mass is 522 g/mol. The predicted octanol–water partition coefficient (Wildman–Crippen LogP) is 7.21. The molecule has 37 heavy (non-hydrogen) atoms. The van der Waals surface area contributed by atoms with E-state index in [9.17, 15) is 4.79 Å². The van der Waals surface area contributed by atoms with Crippen LogP contribution in [-0.2, 0) is 6.54 Å². The lowest BCUT2D eigenvalue weighted by Gasteiger charge is -2.21. The van der Waals surface area contributed by atoms with E-state index in [0.29, 0.717) is 23.8 Å². The van der Waals surface area contributed by atoms with Crippen LogP contribution in [0, 0.1) is 0 Å². The Labute approximate surface area is 221 Å². The number of rotatable bonds is 7. The highest BCUT2D eigenvalue weighted by Crippen LogP contribution is 2.35. The van der Waals surface area contributed by atoms with Crippen LogP contribution in [0.1, 0.15) is 23.0 Å². The number of para-hydroxylation sites is 1. The fourth-order valence-corrected chi connectivity index (χ4v) is 5.87. The Balaban J connectivity index is 1.49. The number of ether oxygens (including phenoxy) is 1. The highest BCUT2D eigenvalue weighted by atomic mass is 32.1. The third kappa shape index (κ3) is 4.69. The summed E-state index contributed by atoms with van der Waals surface area (Å²) in [5, 5.41) is 3.43. The second kappa shape index (κ2) is 10.1. The van der Waals surface area contributed by atoms with Crippen LogP contribution in [0.2, 0.25) is 0 Å². The standard InChI is InChI=1S/C29H22N4O2S2/c1-2-35-20-12-13-24-27(16-20)37-29(32-24)33(18-19-8-5-6-14-30-19)28(34)22-17-25(26-11-7-15-36-26)31-23-10-4-3-9-21(22)23/h3-17H,2,18H2,1H3. The van der Waals surface area contributed by atoms with E-state index in [1.165, 1.54) is 11.3 Å². The SMILES string of the molecule is CCOc1ccc2nc(N(Cc3ccccn3)C(=O)c3cc(-c4cccs4)nc4ccccc34)sc2c1. The first-order valence-electron chi connectivity index (χ1n) is 11.9. The maximum atomic E-state index is 14.3. The molecule has 0 radical (unpaired) electrons. The number of carbonyl (C=O) groups excluding carboxylic acids is 1. The maximum absolute atomic E-state index is 14.3. The molecule has 2 aromatic carbocycles. The molecule has 0 aliphatic rings. The van der Waals surface area contributed by atoms with Crippen LogP contribution in [0.15, 0.2) is 90.4 Å². The zero-order valence-electron chi connectivity index (χ0n) is 20.0. The van der Waals surface area contributed by atoms with Gasteiger partial charge in [-0.2, -0.15) is 0 Å². The van der Waals surface area contributed by atoms with Crippen molar-refractivity contribution in [3.63, 3.8) is 0 Å². The average Bonchev–Trinajstić information content (AvgIpc) is 3.62. The Morgan fingerprint density at radius 1 is 0.946 bits per heavy atom. The molecule has 0 unspecified atom stereocenters. The number of thiophene rings is 1. The van der Waals surface area contributed by atoms with Gasteiger partial charge in [0.05, 0.1) is 50.7 Å². The molecule has 0 aliphatic heterocycles. The molecule has 8 heteroatoms. The van der Waals surface area contributed by atoms with Crippen LogP contribution < -0.4 is 9.64 Å². The molecular formula is C29H22N4O2S2. The van der Waals surface area contributed by atoms with Gasteiger partial charge in [-0.15, -0.1) is 11.3 Å². The number of thiazole rings is 1. The Morgan fingerprint density at radius 2 is 1.84 bits per heavy atom. The highest BCUT2D eigenvalue weighted by molar-refractivity contribution is 7.22. The van der Waals surface area contributed by atoms with Gasteiger partial charge in [-0.05, 0) is 60.8 Å².